The highest BCUT2D eigenvalue weighted by atomic mass is 32.2. The Balaban J connectivity index is 2.80. The number of carbonyl (C=O) groups is 1. The van der Waals surface area contributed by atoms with Crippen molar-refractivity contribution in [1.82, 2.24) is 0 Å². The van der Waals surface area contributed by atoms with Gasteiger partial charge in [-0.15, -0.1) is 0 Å². The van der Waals surface area contributed by atoms with E-state index >= 15 is 0 Å². The van der Waals surface area contributed by atoms with Crippen LogP contribution in [0.5, 0.6) is 11.5 Å². The topological polar surface area (TPSA) is 55.8 Å². The predicted molar refractivity (Wildman–Crippen MR) is 63.8 cm³/mol. The van der Waals surface area contributed by atoms with Gasteiger partial charge in [-0.25, -0.2) is 4.79 Å². The Morgan fingerprint density at radius 2 is 2.19 bits per heavy atom. The van der Waals surface area contributed by atoms with Gasteiger partial charge in [-0.05, 0) is 24.5 Å². The summed E-state index contributed by atoms with van der Waals surface area (Å²) in [7, 11) is 1.49. The van der Waals surface area contributed by atoms with E-state index in [0.717, 1.165) is 5.75 Å². The van der Waals surface area contributed by atoms with Crippen LogP contribution in [0, 0.1) is 0 Å². The molecule has 0 spiro atoms. The summed E-state index contributed by atoms with van der Waals surface area (Å²) < 4.78 is 10.5. The van der Waals surface area contributed by atoms with Crippen LogP contribution in [0.25, 0.3) is 0 Å². The Labute approximate surface area is 98.6 Å². The summed E-state index contributed by atoms with van der Waals surface area (Å²) in [4.78, 5) is 10.7. The molecule has 16 heavy (non-hydrogen) atoms. The normalized spacial score (nSPS) is 9.88. The molecule has 0 aliphatic heterocycles. The van der Waals surface area contributed by atoms with Gasteiger partial charge in [0.05, 0.1) is 19.3 Å². The maximum absolute atomic E-state index is 10.7. The fraction of sp³-hybridized carbons (Fsp3) is 0.364. The van der Waals surface area contributed by atoms with E-state index in [-0.39, 0.29) is 5.56 Å². The maximum atomic E-state index is 10.7. The van der Waals surface area contributed by atoms with Gasteiger partial charge in [0, 0.05) is 5.75 Å². The molecule has 0 aromatic heterocycles. The number of hydrogen-bond donors (Lipinski definition) is 1. The van der Waals surface area contributed by atoms with Crippen LogP contribution in [-0.4, -0.2) is 36.8 Å². The average molecular weight is 242 g/mol. The molecule has 1 N–H and O–H groups in total. The lowest BCUT2D eigenvalue weighted by Crippen LogP contribution is -2.03. The zero-order valence-electron chi connectivity index (χ0n) is 9.23. The first-order chi connectivity index (χ1) is 7.69. The van der Waals surface area contributed by atoms with E-state index in [4.69, 9.17) is 14.6 Å². The van der Waals surface area contributed by atoms with Gasteiger partial charge in [0.15, 0.2) is 11.5 Å². The Bertz CT molecular complexity index is 365. The fourth-order valence-corrected chi connectivity index (χ4v) is 1.40. The number of rotatable bonds is 6. The summed E-state index contributed by atoms with van der Waals surface area (Å²) >= 11 is 1.68. The number of benzene rings is 1. The summed E-state index contributed by atoms with van der Waals surface area (Å²) in [5.74, 6) is 0.917. The van der Waals surface area contributed by atoms with Crippen molar-refractivity contribution in [2.45, 2.75) is 0 Å². The smallest absolute Gasteiger partial charge is 0.335 e. The largest absolute Gasteiger partial charge is 0.493 e. The van der Waals surface area contributed by atoms with Crippen molar-refractivity contribution in [3.05, 3.63) is 23.8 Å². The number of ether oxygens (including phenoxy) is 2. The fourth-order valence-electron chi connectivity index (χ4n) is 1.15. The van der Waals surface area contributed by atoms with Crippen molar-refractivity contribution in [2.24, 2.45) is 0 Å². The van der Waals surface area contributed by atoms with Crippen LogP contribution in [-0.2, 0) is 0 Å². The SMILES string of the molecule is COc1cc(C(=O)O)ccc1OCCSC. The minimum absolute atomic E-state index is 0.189. The third-order valence-corrected chi connectivity index (χ3v) is 2.53. The molecule has 0 fully saturated rings. The number of carboxylic acid groups (broad SMARTS) is 1. The van der Waals surface area contributed by atoms with Crippen LogP contribution in [0.4, 0.5) is 0 Å². The highest BCUT2D eigenvalue weighted by molar-refractivity contribution is 7.98. The van der Waals surface area contributed by atoms with Gasteiger partial charge < -0.3 is 14.6 Å². The van der Waals surface area contributed by atoms with Crippen LogP contribution < -0.4 is 9.47 Å². The molecule has 1 rings (SSSR count). The molecular weight excluding hydrogens is 228 g/mol. The number of thioether (sulfide) groups is 1. The van der Waals surface area contributed by atoms with E-state index in [2.05, 4.69) is 0 Å². The number of hydrogen-bond acceptors (Lipinski definition) is 4. The lowest BCUT2D eigenvalue weighted by molar-refractivity contribution is 0.0696. The van der Waals surface area contributed by atoms with Crippen molar-refractivity contribution in [2.75, 3.05) is 25.7 Å². The molecule has 0 amide bonds. The Kier molecular flexibility index (Phi) is 4.98. The average Bonchev–Trinajstić information content (AvgIpc) is 2.29. The van der Waals surface area contributed by atoms with Gasteiger partial charge in [-0.2, -0.15) is 11.8 Å². The second-order valence-electron chi connectivity index (χ2n) is 3.01. The molecule has 0 bridgehead atoms. The predicted octanol–water partition coefficient (Wildman–Crippen LogP) is 2.14. The standard InChI is InChI=1S/C11H14O4S/c1-14-10-7-8(11(12)13)3-4-9(10)15-5-6-16-2/h3-4,7H,5-6H2,1-2H3,(H,12,13). The van der Waals surface area contributed by atoms with Crippen LogP contribution in [0.15, 0.2) is 18.2 Å². The molecular formula is C11H14O4S. The van der Waals surface area contributed by atoms with Gasteiger partial charge in [0.25, 0.3) is 0 Å². The minimum Gasteiger partial charge on any atom is -0.493 e. The zero-order valence-corrected chi connectivity index (χ0v) is 10.0. The number of aromatic carboxylic acids is 1. The van der Waals surface area contributed by atoms with Crippen LogP contribution in [0.1, 0.15) is 10.4 Å². The van der Waals surface area contributed by atoms with Crippen LogP contribution >= 0.6 is 11.8 Å². The first-order valence-corrected chi connectivity index (χ1v) is 6.11. The quantitative estimate of drug-likeness (QED) is 0.774. The molecule has 88 valence electrons. The molecule has 0 unspecified atom stereocenters. The van der Waals surface area contributed by atoms with Crippen molar-refractivity contribution in [1.29, 1.82) is 0 Å². The summed E-state index contributed by atoms with van der Waals surface area (Å²) in [5, 5.41) is 8.81. The van der Waals surface area contributed by atoms with E-state index in [1.165, 1.54) is 19.2 Å². The van der Waals surface area contributed by atoms with E-state index < -0.39 is 5.97 Å². The first-order valence-electron chi connectivity index (χ1n) is 4.72. The summed E-state index contributed by atoms with van der Waals surface area (Å²) in [6.45, 7) is 0.573. The van der Waals surface area contributed by atoms with Gasteiger partial charge in [0.1, 0.15) is 0 Å². The summed E-state index contributed by atoms with van der Waals surface area (Å²) in [6.07, 6.45) is 1.99. The monoisotopic (exact) mass is 242 g/mol. The summed E-state index contributed by atoms with van der Waals surface area (Å²) in [5.41, 5.74) is 0.189. The zero-order chi connectivity index (χ0) is 12.0. The van der Waals surface area contributed by atoms with E-state index in [1.807, 2.05) is 6.26 Å². The van der Waals surface area contributed by atoms with Gasteiger partial charge in [-0.3, -0.25) is 0 Å². The molecule has 0 saturated carbocycles. The van der Waals surface area contributed by atoms with Crippen molar-refractivity contribution >= 4 is 17.7 Å². The summed E-state index contributed by atoms with van der Waals surface area (Å²) in [6, 6.07) is 4.57. The Hall–Kier alpha value is -1.36. The van der Waals surface area contributed by atoms with Crippen molar-refractivity contribution in [3.63, 3.8) is 0 Å². The molecule has 0 aliphatic carbocycles. The van der Waals surface area contributed by atoms with E-state index in [1.54, 1.807) is 17.8 Å². The molecule has 1 aromatic carbocycles. The second kappa shape index (κ2) is 6.27. The van der Waals surface area contributed by atoms with E-state index in [9.17, 15) is 4.79 Å². The molecule has 5 heteroatoms. The van der Waals surface area contributed by atoms with Gasteiger partial charge >= 0.3 is 5.97 Å². The lowest BCUT2D eigenvalue weighted by Gasteiger charge is -2.10. The first kappa shape index (κ1) is 12.7. The Morgan fingerprint density at radius 1 is 1.44 bits per heavy atom. The molecule has 0 aliphatic rings. The molecule has 0 atom stereocenters. The second-order valence-corrected chi connectivity index (χ2v) is 4.00. The molecule has 4 nitrogen and oxygen atoms in total. The van der Waals surface area contributed by atoms with Crippen molar-refractivity contribution < 1.29 is 19.4 Å². The van der Waals surface area contributed by atoms with Crippen LogP contribution in [0.2, 0.25) is 0 Å². The number of carboxylic acids is 1. The van der Waals surface area contributed by atoms with E-state index in [0.29, 0.717) is 18.1 Å². The minimum atomic E-state index is -0.978. The van der Waals surface area contributed by atoms with Gasteiger partial charge in [-0.1, -0.05) is 0 Å². The Morgan fingerprint density at radius 3 is 2.75 bits per heavy atom. The lowest BCUT2D eigenvalue weighted by atomic mass is 10.2. The van der Waals surface area contributed by atoms with Crippen LogP contribution in [0.3, 0.4) is 0 Å². The molecule has 0 heterocycles. The molecule has 0 saturated heterocycles. The highest BCUT2D eigenvalue weighted by Crippen LogP contribution is 2.28. The molecule has 0 radical (unpaired) electrons. The molecule has 1 aromatic rings. The maximum Gasteiger partial charge on any atom is 0.335 e. The third-order valence-electron chi connectivity index (χ3n) is 1.96. The highest BCUT2D eigenvalue weighted by Gasteiger charge is 2.09. The number of methoxy groups -OCH3 is 1. The van der Waals surface area contributed by atoms with Crippen molar-refractivity contribution in [3.8, 4) is 11.5 Å². The third kappa shape index (κ3) is 3.34. The van der Waals surface area contributed by atoms with Gasteiger partial charge in [0.2, 0.25) is 0 Å².